The molecule has 0 radical (unpaired) electrons. The summed E-state index contributed by atoms with van der Waals surface area (Å²) in [7, 11) is 0. The highest BCUT2D eigenvalue weighted by atomic mass is 35.5. The Balaban J connectivity index is 1.86. The zero-order valence-corrected chi connectivity index (χ0v) is 17.6. The lowest BCUT2D eigenvalue weighted by atomic mass is 10.1. The third-order valence-corrected chi connectivity index (χ3v) is 5.03. The van der Waals surface area contributed by atoms with Crippen molar-refractivity contribution >= 4 is 40.8 Å². The lowest BCUT2D eigenvalue weighted by molar-refractivity contribution is -0.384. The van der Waals surface area contributed by atoms with E-state index < -0.39 is 4.92 Å². The largest absolute Gasteiger partial charge is 0.282 e. The molecule has 0 aliphatic carbocycles. The van der Waals surface area contributed by atoms with E-state index in [9.17, 15) is 14.9 Å². The molecule has 1 amide bonds. The maximum absolute atomic E-state index is 13.4. The second kappa shape index (κ2) is 8.16. The summed E-state index contributed by atoms with van der Waals surface area (Å²) in [6, 6.07) is 19.1. The summed E-state index contributed by atoms with van der Waals surface area (Å²) in [6.45, 7) is 3.93. The van der Waals surface area contributed by atoms with E-state index in [0.717, 1.165) is 11.1 Å². The monoisotopic (exact) mass is 431 g/mol. The molecule has 0 saturated carbocycles. The van der Waals surface area contributed by atoms with Crippen LogP contribution in [-0.4, -0.2) is 16.7 Å². The number of nitrogens with zero attached hydrogens (tertiary/aromatic N) is 3. The summed E-state index contributed by atoms with van der Waals surface area (Å²) in [5.74, 6) is 0.140. The number of benzene rings is 3. The topological polar surface area (TPSA) is 75.8 Å². The van der Waals surface area contributed by atoms with E-state index in [0.29, 0.717) is 27.7 Å². The number of carbonyl (C=O) groups is 1. The van der Waals surface area contributed by atoms with Gasteiger partial charge in [-0.1, -0.05) is 41.9 Å². The summed E-state index contributed by atoms with van der Waals surface area (Å²) >= 11 is 6.18. The minimum absolute atomic E-state index is 0.0509. The zero-order valence-electron chi connectivity index (χ0n) is 16.9. The van der Waals surface area contributed by atoms with E-state index in [1.165, 1.54) is 12.1 Å². The number of nitro groups is 1. The van der Waals surface area contributed by atoms with Gasteiger partial charge in [-0.15, -0.1) is 0 Å². The average molecular weight is 432 g/mol. The molecule has 31 heavy (non-hydrogen) atoms. The van der Waals surface area contributed by atoms with Gasteiger partial charge in [0.2, 0.25) is 0 Å². The fourth-order valence-corrected chi connectivity index (χ4v) is 3.73. The molecule has 0 spiro atoms. The average Bonchev–Trinajstić information content (AvgIpc) is 3.03. The number of amides is 1. The summed E-state index contributed by atoms with van der Waals surface area (Å²) in [5.41, 5.74) is 4.09. The second-order valence-corrected chi connectivity index (χ2v) is 7.75. The molecule has 154 valence electrons. The van der Waals surface area contributed by atoms with Crippen LogP contribution in [0.15, 0.2) is 77.4 Å². The smallest absolute Gasteiger partial charge is 0.266 e. The Hall–Kier alpha value is -3.77. The van der Waals surface area contributed by atoms with Crippen molar-refractivity contribution in [3.8, 4) is 0 Å². The van der Waals surface area contributed by atoms with Crippen molar-refractivity contribution in [2.24, 2.45) is 4.99 Å². The van der Waals surface area contributed by atoms with Gasteiger partial charge in [-0.2, -0.15) is 0 Å². The van der Waals surface area contributed by atoms with E-state index in [1.54, 1.807) is 41.3 Å². The molecular formula is C24H18ClN3O3. The third-order valence-electron chi connectivity index (χ3n) is 4.79. The first-order chi connectivity index (χ1) is 14.8. The number of rotatable bonds is 4. The number of amidine groups is 1. The Morgan fingerprint density at radius 1 is 1.00 bits per heavy atom. The van der Waals surface area contributed by atoms with Crippen LogP contribution in [0.3, 0.4) is 0 Å². The van der Waals surface area contributed by atoms with Crippen molar-refractivity contribution < 1.29 is 9.72 Å². The van der Waals surface area contributed by atoms with Crippen LogP contribution in [0.1, 0.15) is 22.3 Å². The van der Waals surface area contributed by atoms with Crippen molar-refractivity contribution in [2.45, 2.75) is 13.8 Å². The van der Waals surface area contributed by atoms with E-state index in [2.05, 4.69) is 4.99 Å². The maximum Gasteiger partial charge on any atom is 0.282 e. The molecule has 1 aliphatic heterocycles. The van der Waals surface area contributed by atoms with Crippen molar-refractivity contribution in [1.82, 2.24) is 0 Å². The number of aryl methyl sites for hydroxylation is 2. The standard InChI is InChI=1S/C24H18ClN3O3/c1-15-9-16(2)11-21(10-15)27-23(18-6-4-7-19(25)14-18)26-22(24(27)29)13-17-5-3-8-20(12-17)28(30)31/h3-14H,1-2H3/b22-13-. The highest BCUT2D eigenvalue weighted by Crippen LogP contribution is 2.30. The third kappa shape index (κ3) is 4.25. The fraction of sp³-hybridized carbons (Fsp3) is 0.0833. The van der Waals surface area contributed by atoms with Crippen LogP contribution in [0.25, 0.3) is 6.08 Å². The van der Waals surface area contributed by atoms with Gasteiger partial charge in [0, 0.05) is 22.7 Å². The highest BCUT2D eigenvalue weighted by Gasteiger charge is 2.33. The number of nitro benzene ring substituents is 1. The minimum Gasteiger partial charge on any atom is -0.266 e. The van der Waals surface area contributed by atoms with Crippen LogP contribution in [-0.2, 0) is 4.79 Å². The molecule has 1 heterocycles. The number of halogens is 1. The highest BCUT2D eigenvalue weighted by molar-refractivity contribution is 6.35. The van der Waals surface area contributed by atoms with Gasteiger partial charge in [0.1, 0.15) is 11.5 Å². The van der Waals surface area contributed by atoms with Crippen LogP contribution in [0.4, 0.5) is 11.4 Å². The second-order valence-electron chi connectivity index (χ2n) is 7.31. The van der Waals surface area contributed by atoms with Gasteiger partial charge < -0.3 is 0 Å². The van der Waals surface area contributed by atoms with Crippen LogP contribution < -0.4 is 4.90 Å². The number of anilines is 1. The van der Waals surface area contributed by atoms with Crippen LogP contribution in [0.2, 0.25) is 5.02 Å². The Bertz CT molecular complexity index is 1260. The predicted molar refractivity (Wildman–Crippen MR) is 122 cm³/mol. The molecule has 7 heteroatoms. The van der Waals surface area contributed by atoms with Gasteiger partial charge in [-0.25, -0.2) is 4.99 Å². The number of carbonyl (C=O) groups excluding carboxylic acids is 1. The molecule has 0 atom stereocenters. The van der Waals surface area contributed by atoms with Crippen molar-refractivity contribution in [1.29, 1.82) is 0 Å². The molecule has 0 bridgehead atoms. The number of hydrogen-bond acceptors (Lipinski definition) is 4. The van der Waals surface area contributed by atoms with E-state index in [-0.39, 0.29) is 17.3 Å². The Labute approximate surface area is 184 Å². The predicted octanol–water partition coefficient (Wildman–Crippen LogP) is 5.70. The minimum atomic E-state index is -0.471. The van der Waals surface area contributed by atoms with Crippen LogP contribution in [0, 0.1) is 24.0 Å². The van der Waals surface area contributed by atoms with Gasteiger partial charge in [-0.05, 0) is 60.9 Å². The maximum atomic E-state index is 13.4. The SMILES string of the molecule is Cc1cc(C)cc(N2C(=O)/C(=C/c3cccc([N+](=O)[O-])c3)N=C2c2cccc(Cl)c2)c1. The van der Waals surface area contributed by atoms with Gasteiger partial charge >= 0.3 is 0 Å². The fourth-order valence-electron chi connectivity index (χ4n) is 3.54. The Kier molecular flexibility index (Phi) is 5.40. The normalized spacial score (nSPS) is 14.8. The van der Waals surface area contributed by atoms with E-state index in [4.69, 9.17) is 11.6 Å². The molecule has 0 N–H and O–H groups in total. The lowest BCUT2D eigenvalue weighted by Crippen LogP contribution is -2.32. The first-order valence-corrected chi connectivity index (χ1v) is 9.93. The Morgan fingerprint density at radius 2 is 1.71 bits per heavy atom. The van der Waals surface area contributed by atoms with E-state index >= 15 is 0 Å². The molecule has 3 aromatic rings. The molecule has 0 saturated heterocycles. The zero-order chi connectivity index (χ0) is 22.1. The van der Waals surface area contributed by atoms with Crippen molar-refractivity contribution in [2.75, 3.05) is 4.90 Å². The van der Waals surface area contributed by atoms with Crippen LogP contribution in [0.5, 0.6) is 0 Å². The number of aliphatic imine (C=N–C) groups is 1. The summed E-state index contributed by atoms with van der Waals surface area (Å²) in [4.78, 5) is 30.2. The molecule has 0 aromatic heterocycles. The first kappa shape index (κ1) is 20.5. The van der Waals surface area contributed by atoms with Gasteiger partial charge in [0.15, 0.2) is 0 Å². The van der Waals surface area contributed by atoms with Gasteiger partial charge in [-0.3, -0.25) is 19.8 Å². The lowest BCUT2D eigenvalue weighted by Gasteiger charge is -2.20. The Morgan fingerprint density at radius 3 is 2.39 bits per heavy atom. The number of hydrogen-bond donors (Lipinski definition) is 0. The van der Waals surface area contributed by atoms with Gasteiger partial charge in [0.05, 0.1) is 10.6 Å². The summed E-state index contributed by atoms with van der Waals surface area (Å²) in [6.07, 6.45) is 1.56. The molecule has 3 aromatic carbocycles. The quantitative estimate of drug-likeness (QED) is 0.302. The van der Waals surface area contributed by atoms with Crippen molar-refractivity contribution in [3.63, 3.8) is 0 Å². The van der Waals surface area contributed by atoms with E-state index in [1.807, 2.05) is 38.1 Å². The molecule has 6 nitrogen and oxygen atoms in total. The number of non-ortho nitro benzene ring substituents is 1. The summed E-state index contributed by atoms with van der Waals surface area (Å²) < 4.78 is 0. The molecular weight excluding hydrogens is 414 g/mol. The molecule has 4 rings (SSSR count). The molecule has 1 aliphatic rings. The molecule has 0 fully saturated rings. The first-order valence-electron chi connectivity index (χ1n) is 9.55. The summed E-state index contributed by atoms with van der Waals surface area (Å²) in [5, 5.41) is 11.6. The molecule has 0 unspecified atom stereocenters. The van der Waals surface area contributed by atoms with Gasteiger partial charge in [0.25, 0.3) is 11.6 Å². The van der Waals surface area contributed by atoms with Crippen molar-refractivity contribution in [3.05, 3.63) is 110 Å². The van der Waals surface area contributed by atoms with Crippen LogP contribution >= 0.6 is 11.6 Å².